The molecule has 0 aliphatic heterocycles. The third kappa shape index (κ3) is 4.92. The molecule has 1 amide bonds. The molecule has 5 rings (SSSR count). The monoisotopic (exact) mass is 523 g/mol. The van der Waals surface area contributed by atoms with Gasteiger partial charge in [-0.05, 0) is 42.8 Å². The summed E-state index contributed by atoms with van der Waals surface area (Å²) in [6.45, 7) is 1.83. The van der Waals surface area contributed by atoms with Crippen molar-refractivity contribution in [2.75, 3.05) is 6.61 Å². The van der Waals surface area contributed by atoms with E-state index in [4.69, 9.17) is 4.74 Å². The minimum absolute atomic E-state index is 0.0552. The quantitative estimate of drug-likeness (QED) is 0.144. The molecule has 0 saturated heterocycles. The molecular formula is C28H21N5O6. The third-order valence-corrected chi connectivity index (χ3v) is 6.00. The second kappa shape index (κ2) is 10.5. The number of hydrogen-bond donors (Lipinski definition) is 0. The molecule has 0 bridgehead atoms. The number of hydrogen-bond acceptors (Lipinski definition) is 7. The molecule has 0 atom stereocenters. The lowest BCUT2D eigenvalue weighted by molar-refractivity contribution is -0.384. The molecule has 11 heteroatoms. The molecule has 0 radical (unpaired) electrons. The van der Waals surface area contributed by atoms with Gasteiger partial charge in [0.25, 0.3) is 17.2 Å². The average Bonchev–Trinajstić information content (AvgIpc) is 2.95. The summed E-state index contributed by atoms with van der Waals surface area (Å²) >= 11 is 0. The summed E-state index contributed by atoms with van der Waals surface area (Å²) in [5.74, 6) is -1.51. The van der Waals surface area contributed by atoms with Crippen molar-refractivity contribution in [1.82, 2.24) is 14.0 Å². The maximum atomic E-state index is 13.5. The molecule has 0 unspecified atom stereocenters. The van der Waals surface area contributed by atoms with Crippen molar-refractivity contribution in [2.45, 2.75) is 13.5 Å². The number of pyridine rings is 2. The van der Waals surface area contributed by atoms with E-state index in [0.29, 0.717) is 5.65 Å². The van der Waals surface area contributed by atoms with Crippen LogP contribution in [0.25, 0.3) is 16.7 Å². The Morgan fingerprint density at radius 1 is 1.03 bits per heavy atom. The zero-order valence-corrected chi connectivity index (χ0v) is 20.7. The number of nitrogens with zero attached hydrogens (tertiary/aromatic N) is 5. The number of nitro groups is 1. The van der Waals surface area contributed by atoms with Crippen LogP contribution in [-0.2, 0) is 11.3 Å². The summed E-state index contributed by atoms with van der Waals surface area (Å²) in [6, 6.07) is 20.6. The van der Waals surface area contributed by atoms with E-state index < -0.39 is 22.4 Å². The highest BCUT2D eigenvalue weighted by Gasteiger charge is 2.21. The Morgan fingerprint density at radius 2 is 1.74 bits per heavy atom. The molecule has 5 aromatic rings. The van der Waals surface area contributed by atoms with E-state index in [2.05, 4.69) is 9.98 Å². The second-order valence-corrected chi connectivity index (χ2v) is 8.48. The van der Waals surface area contributed by atoms with Crippen LogP contribution in [0.2, 0.25) is 0 Å². The van der Waals surface area contributed by atoms with Crippen molar-refractivity contribution >= 4 is 34.2 Å². The van der Waals surface area contributed by atoms with Gasteiger partial charge in [0.1, 0.15) is 16.9 Å². The van der Waals surface area contributed by atoms with Crippen LogP contribution < -0.4 is 11.0 Å². The van der Waals surface area contributed by atoms with E-state index in [1.165, 1.54) is 39.3 Å². The number of carbonyl (C=O) groups is 2. The Morgan fingerprint density at radius 3 is 2.44 bits per heavy atom. The van der Waals surface area contributed by atoms with Gasteiger partial charge in [0.2, 0.25) is 0 Å². The molecular weight excluding hydrogens is 502 g/mol. The molecule has 0 N–H and O–H groups in total. The van der Waals surface area contributed by atoms with Crippen LogP contribution in [0.3, 0.4) is 0 Å². The van der Waals surface area contributed by atoms with E-state index in [1.807, 2.05) is 30.3 Å². The van der Waals surface area contributed by atoms with Crippen molar-refractivity contribution in [3.63, 3.8) is 0 Å². The predicted molar refractivity (Wildman–Crippen MR) is 141 cm³/mol. The van der Waals surface area contributed by atoms with Crippen molar-refractivity contribution in [3.05, 3.63) is 128 Å². The van der Waals surface area contributed by atoms with E-state index in [9.17, 15) is 24.5 Å². The normalized spacial score (nSPS) is 11.6. The number of aromatic nitrogens is 3. The van der Waals surface area contributed by atoms with E-state index in [1.54, 1.807) is 31.3 Å². The van der Waals surface area contributed by atoms with Gasteiger partial charge in [0.05, 0.1) is 23.5 Å². The zero-order chi connectivity index (χ0) is 27.5. The lowest BCUT2D eigenvalue weighted by Gasteiger charge is -2.15. The fraction of sp³-hybridized carbons (Fsp3) is 0.107. The molecule has 11 nitrogen and oxygen atoms in total. The summed E-state index contributed by atoms with van der Waals surface area (Å²) in [4.78, 5) is 59.2. The lowest BCUT2D eigenvalue weighted by atomic mass is 10.1. The molecule has 0 aliphatic rings. The standard InChI is InChI=1S/C28H21N5O6/c1-2-39-28(36)22-16-21-24(29-23-10-6-7-15-31(23)27(21)35)32(17-18-8-4-3-5-9-18)25(22)30-26(34)19-11-13-20(14-12-19)33(37)38/h3-16H,2,17H2,1H3. The van der Waals surface area contributed by atoms with Gasteiger partial charge in [-0.3, -0.25) is 24.1 Å². The highest BCUT2D eigenvalue weighted by atomic mass is 16.6. The minimum atomic E-state index is -0.769. The number of rotatable bonds is 6. The summed E-state index contributed by atoms with van der Waals surface area (Å²) in [5.41, 5.74) is 0.737. The van der Waals surface area contributed by atoms with Crippen molar-refractivity contribution in [1.29, 1.82) is 0 Å². The summed E-state index contributed by atoms with van der Waals surface area (Å²) in [7, 11) is 0. The number of esters is 1. The number of non-ortho nitro benzene ring substituents is 1. The molecule has 0 fully saturated rings. The number of benzene rings is 2. The molecule has 194 valence electrons. The van der Waals surface area contributed by atoms with Crippen LogP contribution >= 0.6 is 0 Å². The van der Waals surface area contributed by atoms with Gasteiger partial charge in [-0.2, -0.15) is 4.99 Å². The second-order valence-electron chi connectivity index (χ2n) is 8.48. The Balaban J connectivity index is 1.85. The van der Waals surface area contributed by atoms with Crippen LogP contribution in [-0.4, -0.2) is 37.4 Å². The topological polar surface area (TPSA) is 138 Å². The first-order valence-electron chi connectivity index (χ1n) is 12.0. The minimum Gasteiger partial charge on any atom is -0.462 e. The largest absolute Gasteiger partial charge is 0.462 e. The molecule has 3 heterocycles. The van der Waals surface area contributed by atoms with Gasteiger partial charge in [-0.15, -0.1) is 0 Å². The zero-order valence-electron chi connectivity index (χ0n) is 20.7. The van der Waals surface area contributed by atoms with Crippen LogP contribution in [0.4, 0.5) is 5.69 Å². The Kier molecular flexibility index (Phi) is 6.79. The van der Waals surface area contributed by atoms with Crippen molar-refractivity contribution in [3.8, 4) is 0 Å². The number of ether oxygens (including phenoxy) is 1. The average molecular weight is 524 g/mol. The molecule has 39 heavy (non-hydrogen) atoms. The molecule has 0 aliphatic carbocycles. The predicted octanol–water partition coefficient (Wildman–Crippen LogP) is 3.52. The fourth-order valence-corrected chi connectivity index (χ4v) is 4.16. The van der Waals surface area contributed by atoms with Crippen molar-refractivity contribution in [2.24, 2.45) is 4.99 Å². The first-order chi connectivity index (χ1) is 18.9. The van der Waals surface area contributed by atoms with Gasteiger partial charge in [0.15, 0.2) is 5.49 Å². The maximum absolute atomic E-state index is 13.5. The maximum Gasteiger partial charge on any atom is 0.341 e. The summed E-state index contributed by atoms with van der Waals surface area (Å²) in [5, 5.41) is 11.2. The first kappa shape index (κ1) is 25.2. The van der Waals surface area contributed by atoms with E-state index in [0.717, 1.165) is 5.56 Å². The fourth-order valence-electron chi connectivity index (χ4n) is 4.16. The number of nitro benzene ring substituents is 1. The number of amides is 1. The summed E-state index contributed by atoms with van der Waals surface area (Å²) in [6.07, 6.45) is 1.58. The molecule has 3 aromatic heterocycles. The van der Waals surface area contributed by atoms with Crippen LogP contribution in [0.5, 0.6) is 0 Å². The van der Waals surface area contributed by atoms with Gasteiger partial charge >= 0.3 is 5.97 Å². The molecule has 0 spiro atoms. The van der Waals surface area contributed by atoms with Gasteiger partial charge in [-0.1, -0.05) is 36.4 Å². The lowest BCUT2D eigenvalue weighted by Crippen LogP contribution is -2.33. The summed E-state index contributed by atoms with van der Waals surface area (Å²) < 4.78 is 8.15. The van der Waals surface area contributed by atoms with Crippen LogP contribution in [0, 0.1) is 10.1 Å². The Hall–Kier alpha value is -5.45. The van der Waals surface area contributed by atoms with E-state index >= 15 is 0 Å². The highest BCUT2D eigenvalue weighted by Crippen LogP contribution is 2.15. The van der Waals surface area contributed by atoms with Crippen molar-refractivity contribution < 1.29 is 19.2 Å². The Bertz CT molecular complexity index is 1880. The Labute approximate surface area is 220 Å². The van der Waals surface area contributed by atoms with Gasteiger partial charge in [0, 0.05) is 23.9 Å². The van der Waals surface area contributed by atoms with Gasteiger partial charge < -0.3 is 9.30 Å². The number of fused-ring (bicyclic) bond motifs is 2. The smallest absolute Gasteiger partial charge is 0.341 e. The third-order valence-electron chi connectivity index (χ3n) is 6.00. The SMILES string of the molecule is CCOC(=O)c1cc2c(=O)n3ccccc3nc2n(Cc2ccccc2)c1=NC(=O)c1ccc([N+](=O)[O-])cc1. The highest BCUT2D eigenvalue weighted by molar-refractivity contribution is 5.97. The first-order valence-corrected chi connectivity index (χ1v) is 12.0. The van der Waals surface area contributed by atoms with Crippen LogP contribution in [0.15, 0.2) is 94.8 Å². The van der Waals surface area contributed by atoms with Crippen LogP contribution in [0.1, 0.15) is 33.2 Å². The molecule has 0 saturated carbocycles. The number of carbonyl (C=O) groups excluding carboxylic acids is 2. The van der Waals surface area contributed by atoms with Gasteiger partial charge in [-0.25, -0.2) is 9.78 Å². The van der Waals surface area contributed by atoms with E-state index in [-0.39, 0.29) is 46.5 Å². The molecule has 2 aromatic carbocycles.